The van der Waals surface area contributed by atoms with Crippen LogP contribution in [-0.2, 0) is 9.53 Å². The largest absolute Gasteiger partial charge is 0.497 e. The van der Waals surface area contributed by atoms with E-state index in [1.165, 1.54) is 5.01 Å². The van der Waals surface area contributed by atoms with Gasteiger partial charge in [0.15, 0.2) is 5.11 Å². The van der Waals surface area contributed by atoms with Crippen LogP contribution in [0.15, 0.2) is 64.9 Å². The van der Waals surface area contributed by atoms with Crippen LogP contribution in [0.3, 0.4) is 0 Å². The zero-order valence-electron chi connectivity index (χ0n) is 17.9. The first kappa shape index (κ1) is 22.3. The number of thiocarbonyl (C=S) groups is 1. The van der Waals surface area contributed by atoms with Crippen molar-refractivity contribution in [1.29, 1.82) is 0 Å². The third-order valence-electron chi connectivity index (χ3n) is 4.84. The maximum atomic E-state index is 12.8. The van der Waals surface area contributed by atoms with Gasteiger partial charge in [0, 0.05) is 0 Å². The fourth-order valence-corrected chi connectivity index (χ4v) is 3.51. The number of hydrogen-bond donors (Lipinski definition) is 1. The van der Waals surface area contributed by atoms with Gasteiger partial charge in [-0.05, 0) is 73.6 Å². The van der Waals surface area contributed by atoms with Crippen LogP contribution in [0.2, 0.25) is 0 Å². The number of rotatable bonds is 7. The van der Waals surface area contributed by atoms with E-state index in [1.54, 1.807) is 34.3 Å². The first-order chi connectivity index (χ1) is 15.0. The maximum absolute atomic E-state index is 12.8. The minimum atomic E-state index is -0.454. The number of carbonyl (C=O) groups excluding carboxylic acids is 1. The van der Waals surface area contributed by atoms with Crippen LogP contribution in [0.25, 0.3) is 0 Å². The van der Waals surface area contributed by atoms with Crippen molar-refractivity contribution >= 4 is 29.5 Å². The Morgan fingerprint density at radius 2 is 1.68 bits per heavy atom. The molecule has 31 heavy (non-hydrogen) atoms. The Morgan fingerprint density at radius 1 is 1.10 bits per heavy atom. The average Bonchev–Trinajstić information content (AvgIpc) is 2.79. The molecule has 0 aliphatic carbocycles. The number of methoxy groups -OCH3 is 2. The summed E-state index contributed by atoms with van der Waals surface area (Å²) in [5.74, 6) is 1.07. The predicted octanol–water partition coefficient (Wildman–Crippen LogP) is 3.81. The smallest absolute Gasteiger partial charge is 0.338 e. The van der Waals surface area contributed by atoms with Crippen LogP contribution in [0, 0.1) is 0 Å². The lowest BCUT2D eigenvalue weighted by Gasteiger charge is -2.34. The van der Waals surface area contributed by atoms with E-state index in [4.69, 9.17) is 26.4 Å². The first-order valence-corrected chi connectivity index (χ1v) is 10.2. The van der Waals surface area contributed by atoms with Crippen LogP contribution >= 0.6 is 12.2 Å². The molecule has 0 saturated heterocycles. The van der Waals surface area contributed by atoms with Crippen molar-refractivity contribution in [3.05, 3.63) is 70.9 Å². The number of ether oxygens (including phenoxy) is 3. The molecule has 1 aliphatic rings. The van der Waals surface area contributed by atoms with E-state index < -0.39 is 12.0 Å². The van der Waals surface area contributed by atoms with E-state index in [9.17, 15) is 4.79 Å². The number of hydrogen-bond acceptors (Lipinski definition) is 6. The molecule has 0 fully saturated rings. The first-order valence-electron chi connectivity index (χ1n) is 9.79. The van der Waals surface area contributed by atoms with Gasteiger partial charge in [-0.2, -0.15) is 5.10 Å². The number of hydrazone groups is 1. The Balaban J connectivity index is 1.96. The molecule has 1 unspecified atom stereocenters. The summed E-state index contributed by atoms with van der Waals surface area (Å²) in [5, 5.41) is 9.63. The molecule has 3 rings (SSSR count). The Kier molecular flexibility index (Phi) is 7.25. The van der Waals surface area contributed by atoms with E-state index in [0.717, 1.165) is 22.6 Å². The summed E-state index contributed by atoms with van der Waals surface area (Å²) in [4.78, 5) is 12.8. The second-order valence-corrected chi connectivity index (χ2v) is 7.09. The highest BCUT2D eigenvalue weighted by Crippen LogP contribution is 2.32. The Labute approximate surface area is 187 Å². The van der Waals surface area contributed by atoms with Gasteiger partial charge in [-0.15, -0.1) is 0 Å². The number of allylic oxidation sites excluding steroid dienone is 1. The van der Waals surface area contributed by atoms with Crippen LogP contribution in [0.4, 0.5) is 0 Å². The number of nitrogens with one attached hydrogen (secondary N) is 1. The lowest BCUT2D eigenvalue weighted by atomic mass is 9.95. The lowest BCUT2D eigenvalue weighted by Crippen LogP contribution is -2.45. The molecule has 1 heterocycles. The second-order valence-electron chi connectivity index (χ2n) is 6.70. The average molecular weight is 440 g/mol. The van der Waals surface area contributed by atoms with Crippen LogP contribution < -0.4 is 14.8 Å². The summed E-state index contributed by atoms with van der Waals surface area (Å²) in [6.45, 7) is 3.85. The van der Waals surface area contributed by atoms with Crippen molar-refractivity contribution in [3.8, 4) is 11.5 Å². The molecule has 0 radical (unpaired) electrons. The summed E-state index contributed by atoms with van der Waals surface area (Å²) in [6, 6.07) is 14.5. The third-order valence-corrected chi connectivity index (χ3v) is 5.13. The SMILES string of the molecule is CCOC(=O)C1=C(C)N(N=Cc2ccc(OC)cc2)C(=S)NC1c1ccc(OC)cc1. The quantitative estimate of drug-likeness (QED) is 0.400. The van der Waals surface area contributed by atoms with Gasteiger partial charge in [-0.25, -0.2) is 9.80 Å². The highest BCUT2D eigenvalue weighted by molar-refractivity contribution is 7.80. The van der Waals surface area contributed by atoms with Crippen molar-refractivity contribution in [1.82, 2.24) is 10.3 Å². The Morgan fingerprint density at radius 3 is 2.23 bits per heavy atom. The Bertz CT molecular complexity index is 1000. The standard InChI is InChI=1S/C23H25N3O4S/c1-5-30-22(27)20-15(2)26(24-14-16-6-10-18(28-3)11-7-16)23(31)25-21(20)17-8-12-19(29-4)13-9-17/h6-14,21H,5H2,1-4H3,(H,25,31). The number of benzene rings is 2. The van der Waals surface area contributed by atoms with Crippen molar-refractivity contribution < 1.29 is 19.0 Å². The van der Waals surface area contributed by atoms with E-state index in [1.807, 2.05) is 48.5 Å². The van der Waals surface area contributed by atoms with Gasteiger partial charge < -0.3 is 19.5 Å². The number of carbonyl (C=O) groups is 1. The minimum Gasteiger partial charge on any atom is -0.497 e. The van der Waals surface area contributed by atoms with Crippen molar-refractivity contribution in [2.45, 2.75) is 19.9 Å². The van der Waals surface area contributed by atoms with Gasteiger partial charge >= 0.3 is 5.97 Å². The normalized spacial score (nSPS) is 16.3. The van der Waals surface area contributed by atoms with E-state index in [0.29, 0.717) is 16.4 Å². The van der Waals surface area contributed by atoms with E-state index in [-0.39, 0.29) is 6.61 Å². The zero-order chi connectivity index (χ0) is 22.4. The molecular weight excluding hydrogens is 414 g/mol. The van der Waals surface area contributed by atoms with Crippen LogP contribution in [0.1, 0.15) is 31.0 Å². The van der Waals surface area contributed by atoms with Crippen LogP contribution in [-0.4, -0.2) is 43.1 Å². The van der Waals surface area contributed by atoms with Gasteiger partial charge in [-0.1, -0.05) is 12.1 Å². The summed E-state index contributed by atoms with van der Waals surface area (Å²) in [6.07, 6.45) is 1.67. The van der Waals surface area contributed by atoms with E-state index in [2.05, 4.69) is 10.4 Å². The maximum Gasteiger partial charge on any atom is 0.338 e. The lowest BCUT2D eigenvalue weighted by molar-refractivity contribution is -0.139. The van der Waals surface area contributed by atoms with Crippen molar-refractivity contribution in [2.75, 3.05) is 20.8 Å². The summed E-state index contributed by atoms with van der Waals surface area (Å²) in [7, 11) is 3.22. The summed E-state index contributed by atoms with van der Waals surface area (Å²) < 4.78 is 15.7. The second kappa shape index (κ2) is 10.1. The van der Waals surface area contributed by atoms with E-state index >= 15 is 0 Å². The van der Waals surface area contributed by atoms with Gasteiger partial charge in [0.1, 0.15) is 11.5 Å². The molecule has 1 atom stereocenters. The van der Waals surface area contributed by atoms with Gasteiger partial charge in [0.2, 0.25) is 0 Å². The molecule has 1 N–H and O–H groups in total. The molecule has 8 heteroatoms. The molecule has 0 amide bonds. The van der Waals surface area contributed by atoms with Crippen molar-refractivity contribution in [3.63, 3.8) is 0 Å². The topological polar surface area (TPSA) is 72.4 Å². The predicted molar refractivity (Wildman–Crippen MR) is 123 cm³/mol. The summed E-state index contributed by atoms with van der Waals surface area (Å²) >= 11 is 5.56. The third kappa shape index (κ3) is 5.03. The number of nitrogens with zero attached hydrogens (tertiary/aromatic N) is 2. The van der Waals surface area contributed by atoms with Crippen molar-refractivity contribution in [2.24, 2.45) is 5.10 Å². The van der Waals surface area contributed by atoms with Gasteiger partial charge in [0.25, 0.3) is 0 Å². The highest BCUT2D eigenvalue weighted by atomic mass is 32.1. The number of esters is 1. The molecule has 162 valence electrons. The monoisotopic (exact) mass is 439 g/mol. The summed E-state index contributed by atoms with van der Waals surface area (Å²) in [5.41, 5.74) is 2.79. The van der Waals surface area contributed by atoms with Gasteiger partial charge in [-0.3, -0.25) is 0 Å². The Hall–Kier alpha value is -3.39. The molecular formula is C23H25N3O4S. The molecule has 0 saturated carbocycles. The molecule has 2 aromatic carbocycles. The molecule has 7 nitrogen and oxygen atoms in total. The fraction of sp³-hybridized carbons (Fsp3) is 0.261. The molecule has 2 aromatic rings. The van der Waals surface area contributed by atoms with Crippen LogP contribution in [0.5, 0.6) is 11.5 Å². The highest BCUT2D eigenvalue weighted by Gasteiger charge is 2.34. The zero-order valence-corrected chi connectivity index (χ0v) is 18.7. The van der Waals surface area contributed by atoms with Gasteiger partial charge in [0.05, 0.1) is 44.4 Å². The molecule has 0 bridgehead atoms. The minimum absolute atomic E-state index is 0.268. The molecule has 0 aromatic heterocycles. The molecule has 1 aliphatic heterocycles. The molecule has 0 spiro atoms. The fourth-order valence-electron chi connectivity index (χ4n) is 3.21.